The minimum Gasteiger partial charge on any atom is -0.396 e. The number of anilines is 1. The maximum Gasteiger partial charge on any atom is 0.228 e. The van der Waals surface area contributed by atoms with E-state index in [-0.39, 0.29) is 12.5 Å². The number of hydrogen-bond donors (Lipinski definition) is 2. The molecule has 104 valence electrons. The summed E-state index contributed by atoms with van der Waals surface area (Å²) in [5.41, 5.74) is 4.03. The quantitative estimate of drug-likeness (QED) is 0.876. The third-order valence-corrected chi connectivity index (χ3v) is 3.12. The van der Waals surface area contributed by atoms with Crippen molar-refractivity contribution in [2.75, 3.05) is 11.9 Å². The van der Waals surface area contributed by atoms with E-state index in [1.54, 1.807) is 0 Å². The Morgan fingerprint density at radius 3 is 2.20 bits per heavy atom. The molecular weight excluding hydrogens is 250 g/mol. The third-order valence-electron chi connectivity index (χ3n) is 3.12. The van der Waals surface area contributed by atoms with Crippen molar-refractivity contribution in [2.24, 2.45) is 0 Å². The van der Waals surface area contributed by atoms with Crippen LogP contribution in [-0.2, 0) is 17.6 Å². The molecule has 0 radical (unpaired) electrons. The van der Waals surface area contributed by atoms with Crippen LogP contribution >= 0.6 is 0 Å². The highest BCUT2D eigenvalue weighted by Gasteiger charge is 2.04. The van der Waals surface area contributed by atoms with E-state index in [4.69, 9.17) is 5.11 Å². The van der Waals surface area contributed by atoms with E-state index >= 15 is 0 Å². The van der Waals surface area contributed by atoms with Crippen molar-refractivity contribution in [3.8, 4) is 0 Å². The fourth-order valence-corrected chi connectivity index (χ4v) is 1.98. The number of hydrogen-bond acceptors (Lipinski definition) is 2. The van der Waals surface area contributed by atoms with Gasteiger partial charge in [0.25, 0.3) is 0 Å². The van der Waals surface area contributed by atoms with Crippen molar-refractivity contribution in [1.82, 2.24) is 0 Å². The van der Waals surface area contributed by atoms with Crippen molar-refractivity contribution in [2.45, 2.75) is 19.8 Å². The smallest absolute Gasteiger partial charge is 0.228 e. The van der Waals surface area contributed by atoms with Gasteiger partial charge in [0.1, 0.15) is 0 Å². The van der Waals surface area contributed by atoms with Crippen LogP contribution in [0.15, 0.2) is 48.5 Å². The minimum atomic E-state index is -0.0243. The van der Waals surface area contributed by atoms with Gasteiger partial charge in [0.05, 0.1) is 6.42 Å². The molecular formula is C17H19NO2. The first kappa shape index (κ1) is 14.3. The predicted molar refractivity (Wildman–Crippen MR) is 80.7 cm³/mol. The van der Waals surface area contributed by atoms with Gasteiger partial charge >= 0.3 is 0 Å². The van der Waals surface area contributed by atoms with Crippen LogP contribution < -0.4 is 5.32 Å². The molecule has 0 aliphatic heterocycles. The standard InChI is InChI=1S/C17H19NO2/c1-13-2-4-15(5-3-13)12-17(20)18-16-8-6-14(7-9-16)10-11-19/h2-9,19H,10-12H2,1H3,(H,18,20). The Balaban J connectivity index is 1.92. The molecule has 0 atom stereocenters. The van der Waals surface area contributed by atoms with Crippen LogP contribution in [0.4, 0.5) is 5.69 Å². The van der Waals surface area contributed by atoms with Crippen LogP contribution in [0.1, 0.15) is 16.7 Å². The van der Waals surface area contributed by atoms with Gasteiger partial charge in [0.15, 0.2) is 0 Å². The molecule has 0 saturated carbocycles. The molecule has 2 rings (SSSR count). The molecule has 0 aliphatic carbocycles. The van der Waals surface area contributed by atoms with Crippen molar-refractivity contribution in [1.29, 1.82) is 0 Å². The van der Waals surface area contributed by atoms with Crippen molar-refractivity contribution in [3.05, 3.63) is 65.2 Å². The van der Waals surface area contributed by atoms with Gasteiger partial charge in [-0.25, -0.2) is 0 Å². The fraction of sp³-hybridized carbons (Fsp3) is 0.235. The number of aliphatic hydroxyl groups is 1. The van der Waals surface area contributed by atoms with E-state index in [9.17, 15) is 4.79 Å². The molecule has 0 unspecified atom stereocenters. The molecule has 0 aliphatic rings. The van der Waals surface area contributed by atoms with E-state index < -0.39 is 0 Å². The molecule has 2 aromatic carbocycles. The van der Waals surface area contributed by atoms with Crippen molar-refractivity contribution < 1.29 is 9.90 Å². The Labute approximate surface area is 119 Å². The maximum absolute atomic E-state index is 11.9. The molecule has 0 spiro atoms. The van der Waals surface area contributed by atoms with Gasteiger partial charge in [-0.3, -0.25) is 4.79 Å². The van der Waals surface area contributed by atoms with Gasteiger partial charge in [0, 0.05) is 12.3 Å². The molecule has 0 heterocycles. The second-order valence-electron chi connectivity index (χ2n) is 4.88. The Morgan fingerprint density at radius 1 is 1.00 bits per heavy atom. The van der Waals surface area contributed by atoms with E-state index in [1.165, 1.54) is 5.56 Å². The molecule has 2 N–H and O–H groups in total. The zero-order chi connectivity index (χ0) is 14.4. The lowest BCUT2D eigenvalue weighted by Gasteiger charge is -2.06. The predicted octanol–water partition coefficient (Wildman–Crippen LogP) is 2.71. The minimum absolute atomic E-state index is 0.0243. The maximum atomic E-state index is 11.9. The topological polar surface area (TPSA) is 49.3 Å². The third kappa shape index (κ3) is 4.21. The monoisotopic (exact) mass is 269 g/mol. The highest BCUT2D eigenvalue weighted by atomic mass is 16.2. The summed E-state index contributed by atoms with van der Waals surface area (Å²) in [6.45, 7) is 2.16. The lowest BCUT2D eigenvalue weighted by atomic mass is 10.1. The van der Waals surface area contributed by atoms with E-state index in [0.717, 1.165) is 16.8 Å². The molecule has 1 amide bonds. The first-order valence-corrected chi connectivity index (χ1v) is 6.72. The molecule has 3 nitrogen and oxygen atoms in total. The van der Waals surface area contributed by atoms with Crippen LogP contribution in [0, 0.1) is 6.92 Å². The first-order valence-electron chi connectivity index (χ1n) is 6.72. The Hall–Kier alpha value is -2.13. The largest absolute Gasteiger partial charge is 0.396 e. The number of aryl methyl sites for hydroxylation is 1. The number of nitrogens with one attached hydrogen (secondary N) is 1. The molecule has 0 saturated heterocycles. The fourth-order valence-electron chi connectivity index (χ4n) is 1.98. The van der Waals surface area contributed by atoms with Gasteiger partial charge in [-0.2, -0.15) is 0 Å². The number of amides is 1. The van der Waals surface area contributed by atoms with Gasteiger partial charge in [-0.05, 0) is 36.6 Å². The summed E-state index contributed by atoms with van der Waals surface area (Å²) in [5.74, 6) is -0.0243. The molecule has 0 aromatic heterocycles. The number of carbonyl (C=O) groups is 1. The highest BCUT2D eigenvalue weighted by molar-refractivity contribution is 5.92. The number of rotatable bonds is 5. The molecule has 2 aromatic rings. The summed E-state index contributed by atoms with van der Waals surface area (Å²) < 4.78 is 0. The molecule has 0 bridgehead atoms. The summed E-state index contributed by atoms with van der Waals surface area (Å²) in [6.07, 6.45) is 1.01. The lowest BCUT2D eigenvalue weighted by molar-refractivity contribution is -0.115. The zero-order valence-corrected chi connectivity index (χ0v) is 11.6. The summed E-state index contributed by atoms with van der Waals surface area (Å²) in [5, 5.41) is 11.7. The molecule has 0 fully saturated rings. The van der Waals surface area contributed by atoms with Crippen molar-refractivity contribution >= 4 is 11.6 Å². The van der Waals surface area contributed by atoms with E-state index in [0.29, 0.717) is 12.8 Å². The van der Waals surface area contributed by atoms with E-state index in [1.807, 2.05) is 55.5 Å². The van der Waals surface area contributed by atoms with Crippen LogP contribution in [-0.4, -0.2) is 17.6 Å². The van der Waals surface area contributed by atoms with Gasteiger partial charge in [0.2, 0.25) is 5.91 Å². The van der Waals surface area contributed by atoms with Gasteiger partial charge < -0.3 is 10.4 Å². The molecule has 3 heteroatoms. The average Bonchev–Trinajstić information content (AvgIpc) is 2.44. The van der Waals surface area contributed by atoms with E-state index in [2.05, 4.69) is 5.32 Å². The number of benzene rings is 2. The Bertz CT molecular complexity index is 559. The van der Waals surface area contributed by atoms with Crippen LogP contribution in [0.25, 0.3) is 0 Å². The normalized spacial score (nSPS) is 10.3. The number of carbonyl (C=O) groups excluding carboxylic acids is 1. The zero-order valence-electron chi connectivity index (χ0n) is 11.6. The summed E-state index contributed by atoms with van der Waals surface area (Å²) in [4.78, 5) is 11.9. The van der Waals surface area contributed by atoms with Gasteiger partial charge in [-0.1, -0.05) is 42.0 Å². The second-order valence-corrected chi connectivity index (χ2v) is 4.88. The number of aliphatic hydroxyl groups excluding tert-OH is 1. The van der Waals surface area contributed by atoms with Gasteiger partial charge in [-0.15, -0.1) is 0 Å². The highest BCUT2D eigenvalue weighted by Crippen LogP contribution is 2.11. The van der Waals surface area contributed by atoms with Crippen LogP contribution in [0.3, 0.4) is 0 Å². The SMILES string of the molecule is Cc1ccc(CC(=O)Nc2ccc(CCO)cc2)cc1. The summed E-state index contributed by atoms with van der Waals surface area (Å²) in [6, 6.07) is 15.5. The first-order chi connectivity index (χ1) is 9.67. The summed E-state index contributed by atoms with van der Waals surface area (Å²) >= 11 is 0. The van der Waals surface area contributed by atoms with Crippen LogP contribution in [0.5, 0.6) is 0 Å². The van der Waals surface area contributed by atoms with Crippen LogP contribution in [0.2, 0.25) is 0 Å². The second kappa shape index (κ2) is 6.87. The Kier molecular flexibility index (Phi) is 4.91. The molecule has 20 heavy (non-hydrogen) atoms. The average molecular weight is 269 g/mol. The lowest BCUT2D eigenvalue weighted by Crippen LogP contribution is -2.14. The van der Waals surface area contributed by atoms with Crippen molar-refractivity contribution in [3.63, 3.8) is 0 Å². The summed E-state index contributed by atoms with van der Waals surface area (Å²) in [7, 11) is 0. The Morgan fingerprint density at radius 2 is 1.60 bits per heavy atom.